The van der Waals surface area contributed by atoms with E-state index in [4.69, 9.17) is 4.52 Å². The molecule has 0 spiro atoms. The van der Waals surface area contributed by atoms with Crippen molar-refractivity contribution in [3.05, 3.63) is 11.7 Å². The summed E-state index contributed by atoms with van der Waals surface area (Å²) in [5.41, 5.74) is 0. The van der Waals surface area contributed by atoms with Crippen molar-refractivity contribution in [3.8, 4) is 0 Å². The third-order valence-electron chi connectivity index (χ3n) is 1.57. The van der Waals surface area contributed by atoms with Gasteiger partial charge in [0, 0.05) is 19.8 Å². The first kappa shape index (κ1) is 10.6. The molecule has 0 aliphatic carbocycles. The maximum atomic E-state index is 10.9. The molecule has 13 heavy (non-hydrogen) atoms. The number of carbonyl (C=O) groups is 1. The third kappa shape index (κ3) is 3.84. The van der Waals surface area contributed by atoms with E-state index < -0.39 is 0 Å². The molecule has 0 fully saturated rings. The van der Waals surface area contributed by atoms with E-state index in [9.17, 15) is 4.79 Å². The number of rotatable bonds is 5. The molecule has 5 heteroatoms. The SMILES string of the molecule is Cc1nc(CCCC(=O)CI)no1. The highest BCUT2D eigenvalue weighted by atomic mass is 127. The van der Waals surface area contributed by atoms with Crippen LogP contribution in [0, 0.1) is 6.92 Å². The maximum Gasteiger partial charge on any atom is 0.223 e. The number of nitrogens with zero attached hydrogens (tertiary/aromatic N) is 2. The van der Waals surface area contributed by atoms with Crippen LogP contribution < -0.4 is 0 Å². The lowest BCUT2D eigenvalue weighted by Crippen LogP contribution is -1.99. The lowest BCUT2D eigenvalue weighted by molar-refractivity contribution is -0.116. The number of carbonyl (C=O) groups excluding carboxylic acids is 1. The van der Waals surface area contributed by atoms with E-state index in [-0.39, 0.29) is 5.78 Å². The van der Waals surface area contributed by atoms with Crippen LogP contribution >= 0.6 is 22.6 Å². The normalized spacial score (nSPS) is 10.3. The Morgan fingerprint density at radius 1 is 1.62 bits per heavy atom. The largest absolute Gasteiger partial charge is 0.340 e. The Balaban J connectivity index is 2.24. The Morgan fingerprint density at radius 2 is 2.38 bits per heavy atom. The van der Waals surface area contributed by atoms with Crippen molar-refractivity contribution in [2.45, 2.75) is 26.2 Å². The molecule has 1 rings (SSSR count). The number of halogens is 1. The van der Waals surface area contributed by atoms with E-state index >= 15 is 0 Å². The number of aromatic nitrogens is 2. The molecule has 0 aliphatic heterocycles. The summed E-state index contributed by atoms with van der Waals surface area (Å²) in [4.78, 5) is 15.0. The van der Waals surface area contributed by atoms with Gasteiger partial charge in [-0.05, 0) is 6.42 Å². The zero-order valence-corrected chi connectivity index (χ0v) is 9.57. The van der Waals surface area contributed by atoms with Crippen LogP contribution in [0.4, 0.5) is 0 Å². The Kier molecular flexibility index (Phi) is 4.34. The average Bonchev–Trinajstić information content (AvgIpc) is 2.51. The van der Waals surface area contributed by atoms with Gasteiger partial charge in [0.05, 0.1) is 4.43 Å². The summed E-state index contributed by atoms with van der Waals surface area (Å²) in [5.74, 6) is 1.55. The highest BCUT2D eigenvalue weighted by Gasteiger charge is 2.03. The smallest absolute Gasteiger partial charge is 0.223 e. The van der Waals surface area contributed by atoms with Crippen molar-refractivity contribution in [2.75, 3.05) is 4.43 Å². The summed E-state index contributed by atoms with van der Waals surface area (Å²) in [7, 11) is 0. The molecule has 0 aliphatic rings. The summed E-state index contributed by atoms with van der Waals surface area (Å²) in [6, 6.07) is 0. The molecule has 0 saturated carbocycles. The molecular weight excluding hydrogens is 283 g/mol. The summed E-state index contributed by atoms with van der Waals surface area (Å²) in [6.45, 7) is 1.76. The highest BCUT2D eigenvalue weighted by Crippen LogP contribution is 2.02. The summed E-state index contributed by atoms with van der Waals surface area (Å²) in [5, 5.41) is 3.74. The van der Waals surface area contributed by atoms with Crippen molar-refractivity contribution in [1.82, 2.24) is 10.1 Å². The van der Waals surface area contributed by atoms with Crippen LogP contribution in [0.1, 0.15) is 24.6 Å². The second-order valence-electron chi connectivity index (χ2n) is 2.76. The molecule has 0 atom stereocenters. The number of aryl methyl sites for hydroxylation is 2. The molecular formula is C8H11IN2O2. The number of Topliss-reactive ketones (excluding diaryl/α,β-unsaturated/α-hetero) is 1. The van der Waals surface area contributed by atoms with Gasteiger partial charge in [-0.15, -0.1) is 0 Å². The van der Waals surface area contributed by atoms with Crippen LogP contribution in [-0.2, 0) is 11.2 Å². The quantitative estimate of drug-likeness (QED) is 0.612. The molecule has 0 unspecified atom stereocenters. The lowest BCUT2D eigenvalue weighted by atomic mass is 10.2. The fourth-order valence-corrected chi connectivity index (χ4v) is 1.33. The molecule has 0 bridgehead atoms. The van der Waals surface area contributed by atoms with Crippen LogP contribution in [0.2, 0.25) is 0 Å². The predicted octanol–water partition coefficient (Wildman–Crippen LogP) is 1.70. The molecule has 4 nitrogen and oxygen atoms in total. The molecule has 0 amide bonds. The highest BCUT2D eigenvalue weighted by molar-refractivity contribution is 14.1. The van der Waals surface area contributed by atoms with Crippen LogP contribution in [-0.4, -0.2) is 20.4 Å². The zero-order chi connectivity index (χ0) is 9.68. The first-order chi connectivity index (χ1) is 6.22. The molecule has 1 aromatic rings. The van der Waals surface area contributed by atoms with Gasteiger partial charge in [0.25, 0.3) is 0 Å². The van der Waals surface area contributed by atoms with Crippen LogP contribution in [0.5, 0.6) is 0 Å². The first-order valence-corrected chi connectivity index (χ1v) is 5.62. The van der Waals surface area contributed by atoms with Crippen molar-refractivity contribution in [3.63, 3.8) is 0 Å². The minimum absolute atomic E-state index is 0.279. The number of ketones is 1. The topological polar surface area (TPSA) is 56.0 Å². The predicted molar refractivity (Wildman–Crippen MR) is 55.9 cm³/mol. The van der Waals surface area contributed by atoms with Gasteiger partial charge in [-0.25, -0.2) is 0 Å². The monoisotopic (exact) mass is 294 g/mol. The van der Waals surface area contributed by atoms with Gasteiger partial charge in [0.1, 0.15) is 5.78 Å². The van der Waals surface area contributed by atoms with Crippen molar-refractivity contribution in [1.29, 1.82) is 0 Å². The minimum atomic E-state index is 0.279. The van der Waals surface area contributed by atoms with Crippen LogP contribution in [0.3, 0.4) is 0 Å². The van der Waals surface area contributed by atoms with E-state index in [2.05, 4.69) is 32.7 Å². The molecule has 1 aromatic heterocycles. The minimum Gasteiger partial charge on any atom is -0.340 e. The van der Waals surface area contributed by atoms with Gasteiger partial charge in [-0.2, -0.15) is 4.98 Å². The number of hydrogen-bond acceptors (Lipinski definition) is 4. The standard InChI is InChI=1S/C8H11IN2O2/c1-6-10-8(11-13-6)4-2-3-7(12)5-9/h2-5H2,1H3. The van der Waals surface area contributed by atoms with Gasteiger partial charge in [-0.1, -0.05) is 27.7 Å². The molecule has 0 N–H and O–H groups in total. The lowest BCUT2D eigenvalue weighted by Gasteiger charge is -1.93. The molecule has 0 aromatic carbocycles. The Labute approximate surface area is 90.2 Å². The van der Waals surface area contributed by atoms with Gasteiger partial charge in [0.2, 0.25) is 5.89 Å². The van der Waals surface area contributed by atoms with Gasteiger partial charge >= 0.3 is 0 Å². The number of alkyl halides is 1. The third-order valence-corrected chi connectivity index (χ3v) is 2.43. The fraction of sp³-hybridized carbons (Fsp3) is 0.625. The second-order valence-corrected chi connectivity index (χ2v) is 3.52. The Bertz CT molecular complexity index is 285. The van der Waals surface area contributed by atoms with Crippen molar-refractivity contribution < 1.29 is 9.32 Å². The van der Waals surface area contributed by atoms with Crippen molar-refractivity contribution >= 4 is 28.4 Å². The summed E-state index contributed by atoms with van der Waals surface area (Å²) >= 11 is 2.07. The molecule has 0 saturated heterocycles. The summed E-state index contributed by atoms with van der Waals surface area (Å²) in [6.07, 6.45) is 2.14. The van der Waals surface area contributed by atoms with Crippen molar-refractivity contribution in [2.24, 2.45) is 0 Å². The Hall–Kier alpha value is -0.460. The average molecular weight is 294 g/mol. The van der Waals surface area contributed by atoms with E-state index in [0.29, 0.717) is 22.6 Å². The van der Waals surface area contributed by atoms with E-state index in [0.717, 1.165) is 12.8 Å². The van der Waals surface area contributed by atoms with Crippen LogP contribution in [0.15, 0.2) is 4.52 Å². The zero-order valence-electron chi connectivity index (χ0n) is 7.42. The first-order valence-electron chi connectivity index (χ1n) is 4.09. The maximum absolute atomic E-state index is 10.9. The van der Waals surface area contributed by atoms with Gasteiger partial charge in [0.15, 0.2) is 5.82 Å². The van der Waals surface area contributed by atoms with Crippen LogP contribution in [0.25, 0.3) is 0 Å². The van der Waals surface area contributed by atoms with E-state index in [1.807, 2.05) is 0 Å². The van der Waals surface area contributed by atoms with E-state index in [1.165, 1.54) is 0 Å². The van der Waals surface area contributed by atoms with Gasteiger partial charge < -0.3 is 4.52 Å². The molecule has 72 valence electrons. The van der Waals surface area contributed by atoms with Gasteiger partial charge in [-0.3, -0.25) is 4.79 Å². The molecule has 0 radical (unpaired) electrons. The number of hydrogen-bond donors (Lipinski definition) is 0. The second kappa shape index (κ2) is 5.31. The summed E-state index contributed by atoms with van der Waals surface area (Å²) < 4.78 is 5.39. The fourth-order valence-electron chi connectivity index (χ4n) is 0.953. The Morgan fingerprint density at radius 3 is 2.92 bits per heavy atom. The molecule has 1 heterocycles. The van der Waals surface area contributed by atoms with E-state index in [1.54, 1.807) is 6.92 Å².